The fourth-order valence-corrected chi connectivity index (χ4v) is 3.32. The normalized spacial score (nSPS) is 25.9. The van der Waals surface area contributed by atoms with Crippen LogP contribution in [0.2, 0.25) is 0 Å². The molecule has 1 aromatic heterocycles. The highest BCUT2D eigenvalue weighted by molar-refractivity contribution is 5.93. The minimum Gasteiger partial charge on any atom is -0.481 e. The molecule has 1 aliphatic heterocycles. The van der Waals surface area contributed by atoms with Crippen molar-refractivity contribution in [2.45, 2.75) is 39.2 Å². The molecule has 2 aliphatic rings. The average Bonchev–Trinajstić information content (AvgIpc) is 3.20. The zero-order chi connectivity index (χ0) is 13.6. The number of hydrogen-bond donors (Lipinski definition) is 0. The number of fused-ring (bicyclic) bond motifs is 1. The molecule has 4 heteroatoms. The Balaban J connectivity index is 2.06. The summed E-state index contributed by atoms with van der Waals surface area (Å²) in [5.41, 5.74) is 2.15. The summed E-state index contributed by atoms with van der Waals surface area (Å²) in [5, 5.41) is 0. The molecule has 3 rings (SSSR count). The van der Waals surface area contributed by atoms with E-state index in [9.17, 15) is 4.79 Å². The number of methoxy groups -OCH3 is 1. The maximum Gasteiger partial charge on any atom is 0.224 e. The topological polar surface area (TPSA) is 42.4 Å². The number of ether oxygens (including phenoxy) is 1. The predicted molar refractivity (Wildman–Crippen MR) is 73.3 cm³/mol. The van der Waals surface area contributed by atoms with Crippen LogP contribution in [0.4, 0.5) is 5.69 Å². The number of nitrogens with zero attached hydrogens (tertiary/aromatic N) is 2. The van der Waals surface area contributed by atoms with E-state index in [4.69, 9.17) is 4.74 Å². The van der Waals surface area contributed by atoms with Crippen molar-refractivity contribution in [3.63, 3.8) is 0 Å². The molecular weight excluding hydrogens is 240 g/mol. The van der Waals surface area contributed by atoms with Gasteiger partial charge in [0.15, 0.2) is 0 Å². The summed E-state index contributed by atoms with van der Waals surface area (Å²) in [4.78, 5) is 18.4. The fourth-order valence-electron chi connectivity index (χ4n) is 3.32. The SMILES string of the molecule is COc1cc2c(cn1)CC(C)[C@H](C1CC1)N2C(C)=O. The highest BCUT2D eigenvalue weighted by Gasteiger charge is 2.43. The third-order valence-electron chi connectivity index (χ3n) is 4.27. The molecule has 102 valence electrons. The lowest BCUT2D eigenvalue weighted by Gasteiger charge is -2.41. The van der Waals surface area contributed by atoms with Crippen LogP contribution in [0.3, 0.4) is 0 Å². The Morgan fingerprint density at radius 1 is 1.47 bits per heavy atom. The molecule has 0 spiro atoms. The van der Waals surface area contributed by atoms with E-state index in [0.29, 0.717) is 23.8 Å². The summed E-state index contributed by atoms with van der Waals surface area (Å²) in [5.74, 6) is 1.87. The quantitative estimate of drug-likeness (QED) is 0.820. The molecule has 4 nitrogen and oxygen atoms in total. The van der Waals surface area contributed by atoms with Crippen molar-refractivity contribution in [1.29, 1.82) is 0 Å². The van der Waals surface area contributed by atoms with Gasteiger partial charge in [-0.05, 0) is 36.7 Å². The van der Waals surface area contributed by atoms with Crippen LogP contribution in [0.1, 0.15) is 32.3 Å². The molecule has 0 radical (unpaired) electrons. The molecule has 1 saturated carbocycles. The molecule has 19 heavy (non-hydrogen) atoms. The lowest BCUT2D eigenvalue weighted by atomic mass is 9.85. The van der Waals surface area contributed by atoms with E-state index in [1.807, 2.05) is 17.2 Å². The first-order valence-electron chi connectivity index (χ1n) is 6.94. The standard InChI is InChI=1S/C15H20N2O2/c1-9-6-12-8-16-14(19-3)7-13(12)17(10(2)18)15(9)11-4-5-11/h7-9,11,15H,4-6H2,1-3H3/t9?,15-/m1/s1. The van der Waals surface area contributed by atoms with Crippen LogP contribution < -0.4 is 9.64 Å². The number of anilines is 1. The molecule has 1 unspecified atom stereocenters. The van der Waals surface area contributed by atoms with Crippen molar-refractivity contribution < 1.29 is 9.53 Å². The highest BCUT2D eigenvalue weighted by Crippen LogP contribution is 2.45. The Morgan fingerprint density at radius 2 is 2.21 bits per heavy atom. The molecule has 1 aromatic rings. The number of carbonyl (C=O) groups excluding carboxylic acids is 1. The first-order valence-corrected chi connectivity index (χ1v) is 6.94. The Labute approximate surface area is 113 Å². The summed E-state index contributed by atoms with van der Waals surface area (Å²) in [6, 6.07) is 2.25. The zero-order valence-corrected chi connectivity index (χ0v) is 11.7. The van der Waals surface area contributed by atoms with E-state index >= 15 is 0 Å². The first kappa shape index (κ1) is 12.5. The molecule has 1 aliphatic carbocycles. The van der Waals surface area contributed by atoms with Gasteiger partial charge in [0, 0.05) is 25.2 Å². The van der Waals surface area contributed by atoms with Gasteiger partial charge in [-0.2, -0.15) is 0 Å². The third kappa shape index (κ3) is 2.09. The maximum absolute atomic E-state index is 12.1. The van der Waals surface area contributed by atoms with Crippen molar-refractivity contribution in [2.75, 3.05) is 12.0 Å². The van der Waals surface area contributed by atoms with Gasteiger partial charge in [0.25, 0.3) is 0 Å². The molecule has 0 aromatic carbocycles. The second-order valence-corrected chi connectivity index (χ2v) is 5.75. The Bertz CT molecular complexity index is 511. The van der Waals surface area contributed by atoms with Gasteiger partial charge < -0.3 is 9.64 Å². The Hall–Kier alpha value is -1.58. The lowest BCUT2D eigenvalue weighted by Crippen LogP contribution is -2.48. The second-order valence-electron chi connectivity index (χ2n) is 5.75. The van der Waals surface area contributed by atoms with E-state index in [2.05, 4.69) is 11.9 Å². The smallest absolute Gasteiger partial charge is 0.224 e. The molecule has 2 heterocycles. The van der Waals surface area contributed by atoms with Gasteiger partial charge in [0.1, 0.15) is 0 Å². The lowest BCUT2D eigenvalue weighted by molar-refractivity contribution is -0.117. The number of hydrogen-bond acceptors (Lipinski definition) is 3. The van der Waals surface area contributed by atoms with Gasteiger partial charge >= 0.3 is 0 Å². The second kappa shape index (κ2) is 4.51. The van der Waals surface area contributed by atoms with E-state index in [-0.39, 0.29) is 5.91 Å². The zero-order valence-electron chi connectivity index (χ0n) is 11.7. The summed E-state index contributed by atoms with van der Waals surface area (Å²) in [6.45, 7) is 3.90. The minimum absolute atomic E-state index is 0.123. The molecule has 1 fully saturated rings. The predicted octanol–water partition coefficient (Wildman–Crippen LogP) is 2.41. The van der Waals surface area contributed by atoms with Crippen molar-refractivity contribution in [2.24, 2.45) is 11.8 Å². The number of carbonyl (C=O) groups is 1. The number of pyridine rings is 1. The van der Waals surface area contributed by atoms with Crippen molar-refractivity contribution in [3.8, 4) is 5.88 Å². The van der Waals surface area contributed by atoms with Gasteiger partial charge in [0.2, 0.25) is 11.8 Å². The molecule has 0 bridgehead atoms. The highest BCUT2D eigenvalue weighted by atomic mass is 16.5. The summed E-state index contributed by atoms with van der Waals surface area (Å²) in [6.07, 6.45) is 5.34. The van der Waals surface area contributed by atoms with Crippen LogP contribution in [0.25, 0.3) is 0 Å². The summed E-state index contributed by atoms with van der Waals surface area (Å²) in [7, 11) is 1.61. The Kier molecular flexibility index (Phi) is 2.96. The van der Waals surface area contributed by atoms with Crippen LogP contribution in [0, 0.1) is 11.8 Å². The summed E-state index contributed by atoms with van der Waals surface area (Å²) >= 11 is 0. The van der Waals surface area contributed by atoms with E-state index in [1.54, 1.807) is 14.0 Å². The van der Waals surface area contributed by atoms with Gasteiger partial charge in [-0.3, -0.25) is 4.79 Å². The molecule has 0 saturated heterocycles. The molecule has 0 N–H and O–H groups in total. The fraction of sp³-hybridized carbons (Fsp3) is 0.600. The van der Waals surface area contributed by atoms with Gasteiger partial charge in [0.05, 0.1) is 12.8 Å². The van der Waals surface area contributed by atoms with Crippen molar-refractivity contribution in [1.82, 2.24) is 4.98 Å². The van der Waals surface area contributed by atoms with Crippen LogP contribution >= 0.6 is 0 Å². The van der Waals surface area contributed by atoms with E-state index in [0.717, 1.165) is 17.7 Å². The molecular formula is C15H20N2O2. The average molecular weight is 260 g/mol. The molecule has 2 atom stereocenters. The van der Waals surface area contributed by atoms with Crippen LogP contribution in [-0.2, 0) is 11.2 Å². The maximum atomic E-state index is 12.1. The van der Waals surface area contributed by atoms with E-state index < -0.39 is 0 Å². The summed E-state index contributed by atoms with van der Waals surface area (Å²) < 4.78 is 5.20. The first-order chi connectivity index (χ1) is 9.11. The number of amides is 1. The number of rotatable bonds is 2. The van der Waals surface area contributed by atoms with Crippen LogP contribution in [0.15, 0.2) is 12.3 Å². The molecule has 1 amide bonds. The van der Waals surface area contributed by atoms with Gasteiger partial charge in [-0.15, -0.1) is 0 Å². The van der Waals surface area contributed by atoms with Crippen LogP contribution in [0.5, 0.6) is 5.88 Å². The Morgan fingerprint density at radius 3 is 2.79 bits per heavy atom. The van der Waals surface area contributed by atoms with Gasteiger partial charge in [-0.1, -0.05) is 6.92 Å². The number of aromatic nitrogens is 1. The van der Waals surface area contributed by atoms with Crippen molar-refractivity contribution in [3.05, 3.63) is 17.8 Å². The van der Waals surface area contributed by atoms with E-state index in [1.165, 1.54) is 12.8 Å². The van der Waals surface area contributed by atoms with Crippen molar-refractivity contribution >= 4 is 11.6 Å². The largest absolute Gasteiger partial charge is 0.481 e. The van der Waals surface area contributed by atoms with Gasteiger partial charge in [-0.25, -0.2) is 4.98 Å². The van der Waals surface area contributed by atoms with Crippen LogP contribution in [-0.4, -0.2) is 24.0 Å². The minimum atomic E-state index is 0.123. The third-order valence-corrected chi connectivity index (χ3v) is 4.27. The monoisotopic (exact) mass is 260 g/mol.